The Morgan fingerprint density at radius 2 is 1.39 bits per heavy atom. The highest BCUT2D eigenvalue weighted by Crippen LogP contribution is 2.70. The molecule has 10 N–H and O–H groups in total. The summed E-state index contributed by atoms with van der Waals surface area (Å²) in [4.78, 5) is 0. The minimum Gasteiger partial charge on any atom is -0.394 e. The standard InChI is InChI=1S/C45H73NO16/c1-18-9-12-45(46-16-18)19(2)30-27(62-45)14-26-24-8-7-22-13-23(10-11-43(22,5)25(24)15-29(48)44(26,30)6)58-42-39(34(52)32(50)28(17-47)59-42)61-41-37(55)35(53)38(21(4)57-41)60-40-36(54)33(51)31(49)20(3)56-40/h7,18-21,23-42,46-55H,8-17H2,1-6H3. The molecule has 9 rings (SSSR count). The molecule has 8 fully saturated rings. The van der Waals surface area contributed by atoms with E-state index in [4.69, 9.17) is 33.2 Å². The SMILES string of the molecule is CC1CCC2(NC1)OC1CC3C4CC=C5CC(OC6OC(CO)C(O)C(O)C6OC6OC(C)C(OC7OC(C)C(O)C(O)C7O)C(O)C6O)CCC5(C)C4CC(O)C3(C)C1C2C. The smallest absolute Gasteiger partial charge is 0.187 e. The Balaban J connectivity index is 0.873. The third kappa shape index (κ3) is 7.31. The molecule has 0 aromatic carbocycles. The van der Waals surface area contributed by atoms with Crippen LogP contribution in [0.3, 0.4) is 0 Å². The lowest BCUT2D eigenvalue weighted by Crippen LogP contribution is -2.65. The number of piperidine rings is 1. The number of hydrogen-bond acceptors (Lipinski definition) is 17. The van der Waals surface area contributed by atoms with Gasteiger partial charge in [-0.1, -0.05) is 39.3 Å². The number of nitrogens with one attached hydrogen (secondary N) is 1. The number of hydrogen-bond donors (Lipinski definition) is 10. The second-order valence-corrected chi connectivity index (χ2v) is 21.3. The molecule has 1 spiro atoms. The van der Waals surface area contributed by atoms with Crippen LogP contribution < -0.4 is 5.32 Å². The fraction of sp³-hybridized carbons (Fsp3) is 0.956. The first-order chi connectivity index (χ1) is 29.3. The molecule has 5 heterocycles. The average Bonchev–Trinajstić information content (AvgIpc) is 3.70. The van der Waals surface area contributed by atoms with Crippen LogP contribution >= 0.6 is 0 Å². The van der Waals surface area contributed by atoms with Gasteiger partial charge in [0.2, 0.25) is 0 Å². The summed E-state index contributed by atoms with van der Waals surface area (Å²) in [5, 5.41) is 102. The van der Waals surface area contributed by atoms with Gasteiger partial charge in [0.15, 0.2) is 18.9 Å². The van der Waals surface area contributed by atoms with Crippen molar-refractivity contribution in [3.8, 4) is 0 Å². The topological polar surface area (TPSA) is 259 Å². The average molecular weight is 884 g/mol. The van der Waals surface area contributed by atoms with Crippen LogP contribution in [0.1, 0.15) is 92.9 Å². The van der Waals surface area contributed by atoms with E-state index in [-0.39, 0.29) is 40.6 Å². The fourth-order valence-electron chi connectivity index (χ4n) is 14.1. The lowest BCUT2D eigenvalue weighted by molar-refractivity contribution is -0.383. The van der Waals surface area contributed by atoms with Gasteiger partial charge in [-0.3, -0.25) is 5.32 Å². The third-order valence-corrected chi connectivity index (χ3v) is 18.0. The zero-order valence-electron chi connectivity index (χ0n) is 36.9. The van der Waals surface area contributed by atoms with Crippen molar-refractivity contribution < 1.29 is 79.1 Å². The molecule has 0 amide bonds. The van der Waals surface area contributed by atoms with Gasteiger partial charge in [0.25, 0.3) is 0 Å². The lowest BCUT2D eigenvalue weighted by Gasteiger charge is -2.60. The minimum atomic E-state index is -1.77. The molecule has 9 aliphatic rings. The van der Waals surface area contributed by atoms with Crippen molar-refractivity contribution >= 4 is 0 Å². The van der Waals surface area contributed by atoms with Crippen molar-refractivity contribution in [1.82, 2.24) is 5.32 Å². The number of fused-ring (bicyclic) bond motifs is 7. The molecular formula is C45H73NO16. The van der Waals surface area contributed by atoms with Crippen LogP contribution in [0, 0.1) is 46.3 Å². The first-order valence-electron chi connectivity index (χ1n) is 23.4. The Labute approximate surface area is 364 Å². The van der Waals surface area contributed by atoms with Crippen LogP contribution in [-0.4, -0.2) is 175 Å². The van der Waals surface area contributed by atoms with Crippen molar-refractivity contribution in [3.05, 3.63) is 11.6 Å². The molecule has 0 aromatic rings. The highest BCUT2D eigenvalue weighted by Gasteiger charge is 2.71. The minimum absolute atomic E-state index is 0.125. The lowest BCUT2D eigenvalue weighted by atomic mass is 9.46. The number of aliphatic hydroxyl groups excluding tert-OH is 9. The predicted octanol–water partition coefficient (Wildman–Crippen LogP) is -0.214. The third-order valence-electron chi connectivity index (χ3n) is 18.0. The summed E-state index contributed by atoms with van der Waals surface area (Å²) in [7, 11) is 0. The summed E-state index contributed by atoms with van der Waals surface area (Å²) in [6.07, 6.45) is -13.0. The molecule has 27 atom stereocenters. The summed E-state index contributed by atoms with van der Waals surface area (Å²) in [5.74, 6) is 2.26. The van der Waals surface area contributed by atoms with Gasteiger partial charge in [0, 0.05) is 17.9 Å². The second kappa shape index (κ2) is 17.0. The molecule has 3 saturated carbocycles. The summed E-state index contributed by atoms with van der Waals surface area (Å²) in [5.41, 5.74) is 0.559. The molecule has 17 heteroatoms. The number of allylic oxidation sites excluding steroid dienone is 1. The summed E-state index contributed by atoms with van der Waals surface area (Å²) in [6, 6.07) is 0. The zero-order valence-corrected chi connectivity index (χ0v) is 36.9. The molecule has 0 bridgehead atoms. The highest BCUT2D eigenvalue weighted by molar-refractivity contribution is 5.27. The Hall–Kier alpha value is -0.940. The van der Waals surface area contributed by atoms with E-state index in [0.717, 1.165) is 45.1 Å². The largest absolute Gasteiger partial charge is 0.394 e. The normalized spacial score (nSPS) is 58.9. The molecule has 4 aliphatic carbocycles. The van der Waals surface area contributed by atoms with Gasteiger partial charge in [0.1, 0.15) is 66.8 Å². The van der Waals surface area contributed by atoms with E-state index in [1.807, 2.05) is 0 Å². The Morgan fingerprint density at radius 1 is 0.710 bits per heavy atom. The first-order valence-corrected chi connectivity index (χ1v) is 23.4. The molecule has 17 nitrogen and oxygen atoms in total. The van der Waals surface area contributed by atoms with E-state index in [0.29, 0.717) is 36.5 Å². The molecule has 0 radical (unpaired) electrons. The van der Waals surface area contributed by atoms with Crippen LogP contribution in [0.15, 0.2) is 11.6 Å². The quantitative estimate of drug-likeness (QED) is 0.148. The van der Waals surface area contributed by atoms with E-state index in [1.165, 1.54) is 19.4 Å². The maximum Gasteiger partial charge on any atom is 0.187 e. The van der Waals surface area contributed by atoms with Gasteiger partial charge in [-0.2, -0.15) is 0 Å². The highest BCUT2D eigenvalue weighted by atomic mass is 16.8. The van der Waals surface area contributed by atoms with Crippen LogP contribution in [0.4, 0.5) is 0 Å². The maximum atomic E-state index is 12.3. The Morgan fingerprint density at radius 3 is 2.08 bits per heavy atom. The van der Waals surface area contributed by atoms with E-state index in [9.17, 15) is 46.0 Å². The molecule has 62 heavy (non-hydrogen) atoms. The molecular weight excluding hydrogens is 810 g/mol. The Kier molecular flexibility index (Phi) is 12.7. The van der Waals surface area contributed by atoms with Crippen LogP contribution in [-0.2, 0) is 33.2 Å². The van der Waals surface area contributed by atoms with Crippen molar-refractivity contribution in [2.45, 2.75) is 209 Å². The van der Waals surface area contributed by atoms with Crippen molar-refractivity contribution in [3.63, 3.8) is 0 Å². The van der Waals surface area contributed by atoms with Crippen molar-refractivity contribution in [2.75, 3.05) is 13.2 Å². The van der Waals surface area contributed by atoms with Gasteiger partial charge in [-0.25, -0.2) is 0 Å². The Bertz CT molecular complexity index is 1630. The molecule has 354 valence electrons. The van der Waals surface area contributed by atoms with Crippen LogP contribution in [0.5, 0.6) is 0 Å². The van der Waals surface area contributed by atoms with E-state index in [2.05, 4.69) is 39.1 Å². The molecule has 27 unspecified atom stereocenters. The first kappa shape index (κ1) is 46.2. The summed E-state index contributed by atoms with van der Waals surface area (Å²) >= 11 is 0. The van der Waals surface area contributed by atoms with Gasteiger partial charge in [-0.15, -0.1) is 0 Å². The summed E-state index contributed by atoms with van der Waals surface area (Å²) < 4.78 is 43.1. The van der Waals surface area contributed by atoms with E-state index >= 15 is 0 Å². The van der Waals surface area contributed by atoms with Crippen LogP contribution in [0.2, 0.25) is 0 Å². The van der Waals surface area contributed by atoms with Crippen molar-refractivity contribution in [2.24, 2.45) is 46.3 Å². The predicted molar refractivity (Wildman–Crippen MR) is 216 cm³/mol. The number of ether oxygens (including phenoxy) is 7. The monoisotopic (exact) mass is 883 g/mol. The van der Waals surface area contributed by atoms with Gasteiger partial charge < -0.3 is 79.1 Å². The molecule has 5 aliphatic heterocycles. The number of rotatable bonds is 7. The van der Waals surface area contributed by atoms with Crippen LogP contribution in [0.25, 0.3) is 0 Å². The van der Waals surface area contributed by atoms with E-state index in [1.54, 1.807) is 0 Å². The second-order valence-electron chi connectivity index (χ2n) is 21.3. The van der Waals surface area contributed by atoms with Gasteiger partial charge >= 0.3 is 0 Å². The summed E-state index contributed by atoms with van der Waals surface area (Å²) in [6.45, 7) is 12.7. The van der Waals surface area contributed by atoms with E-state index < -0.39 is 105 Å². The zero-order chi connectivity index (χ0) is 44.4. The van der Waals surface area contributed by atoms with Gasteiger partial charge in [0.05, 0.1) is 37.1 Å². The molecule has 0 aromatic heterocycles. The fourth-order valence-corrected chi connectivity index (χ4v) is 14.1. The molecule has 5 saturated heterocycles. The van der Waals surface area contributed by atoms with Crippen molar-refractivity contribution in [1.29, 1.82) is 0 Å². The number of aliphatic hydroxyl groups is 9. The maximum absolute atomic E-state index is 12.3. The van der Waals surface area contributed by atoms with Gasteiger partial charge in [-0.05, 0) is 100 Å².